The molecule has 0 aromatic heterocycles. The third-order valence-electron chi connectivity index (χ3n) is 3.06. The zero-order valence-corrected chi connectivity index (χ0v) is 12.8. The number of hydrogen-bond donors (Lipinski definition) is 2. The van der Waals surface area contributed by atoms with Gasteiger partial charge in [0.1, 0.15) is 0 Å². The normalized spacial score (nSPS) is 10.6. The largest absolute Gasteiger partial charge is 0.478 e. The maximum Gasteiger partial charge on any atom is 0.335 e. The lowest BCUT2D eigenvalue weighted by Gasteiger charge is -2.21. The van der Waals surface area contributed by atoms with Crippen molar-refractivity contribution in [1.29, 1.82) is 0 Å². The van der Waals surface area contributed by atoms with Crippen LogP contribution >= 0.6 is 0 Å². The maximum absolute atomic E-state index is 11.8. The van der Waals surface area contributed by atoms with Gasteiger partial charge in [0, 0.05) is 13.1 Å². The molecule has 1 amide bonds. The third-order valence-corrected chi connectivity index (χ3v) is 3.06. The van der Waals surface area contributed by atoms with E-state index in [1.807, 2.05) is 17.9 Å². The van der Waals surface area contributed by atoms with E-state index in [1.165, 1.54) is 0 Å². The molecule has 0 radical (unpaired) electrons. The van der Waals surface area contributed by atoms with E-state index in [4.69, 9.17) is 5.11 Å². The summed E-state index contributed by atoms with van der Waals surface area (Å²) in [5.41, 5.74) is 1.19. The molecule has 0 unspecified atom stereocenters. The van der Waals surface area contributed by atoms with E-state index in [9.17, 15) is 9.59 Å². The number of carboxylic acid groups (broad SMARTS) is 1. The van der Waals surface area contributed by atoms with Crippen molar-refractivity contribution in [1.82, 2.24) is 10.2 Å². The predicted octanol–water partition coefficient (Wildman–Crippen LogP) is 2.12. The van der Waals surface area contributed by atoms with Crippen molar-refractivity contribution in [3.05, 3.63) is 35.4 Å². The second kappa shape index (κ2) is 9.13. The third kappa shape index (κ3) is 6.40. The van der Waals surface area contributed by atoms with Gasteiger partial charge in [0.2, 0.25) is 5.91 Å². The zero-order chi connectivity index (χ0) is 15.7. The summed E-state index contributed by atoms with van der Waals surface area (Å²) in [6.45, 7) is 6.48. The van der Waals surface area contributed by atoms with Crippen LogP contribution in [0.2, 0.25) is 0 Å². The van der Waals surface area contributed by atoms with Crippen LogP contribution < -0.4 is 5.32 Å². The average Bonchev–Trinajstić information content (AvgIpc) is 2.45. The molecule has 0 bridgehead atoms. The first-order valence-corrected chi connectivity index (χ1v) is 7.38. The molecule has 1 aromatic rings. The van der Waals surface area contributed by atoms with Gasteiger partial charge >= 0.3 is 5.97 Å². The highest BCUT2D eigenvalue weighted by molar-refractivity contribution is 5.87. The number of carboxylic acids is 1. The van der Waals surface area contributed by atoms with Crippen molar-refractivity contribution in [2.45, 2.75) is 33.2 Å². The van der Waals surface area contributed by atoms with Gasteiger partial charge in [-0.3, -0.25) is 9.69 Å². The molecule has 0 aliphatic heterocycles. The van der Waals surface area contributed by atoms with Crippen molar-refractivity contribution >= 4 is 11.9 Å². The summed E-state index contributed by atoms with van der Waals surface area (Å²) in [4.78, 5) is 24.8. The van der Waals surface area contributed by atoms with E-state index < -0.39 is 5.97 Å². The average molecular weight is 292 g/mol. The number of benzene rings is 1. The number of nitrogens with one attached hydrogen (secondary N) is 1. The maximum atomic E-state index is 11.8. The van der Waals surface area contributed by atoms with Crippen LogP contribution in [0.15, 0.2) is 24.3 Å². The summed E-state index contributed by atoms with van der Waals surface area (Å²) in [5.74, 6) is -0.917. The molecular formula is C16H24N2O3. The van der Waals surface area contributed by atoms with E-state index in [-0.39, 0.29) is 11.5 Å². The Hall–Kier alpha value is -1.88. The van der Waals surface area contributed by atoms with Crippen LogP contribution in [0.3, 0.4) is 0 Å². The summed E-state index contributed by atoms with van der Waals surface area (Å²) in [7, 11) is 0. The monoisotopic (exact) mass is 292 g/mol. The highest BCUT2D eigenvalue weighted by atomic mass is 16.4. The van der Waals surface area contributed by atoms with Gasteiger partial charge in [-0.15, -0.1) is 0 Å². The lowest BCUT2D eigenvalue weighted by Crippen LogP contribution is -2.37. The van der Waals surface area contributed by atoms with Crippen LogP contribution in [0.25, 0.3) is 0 Å². The van der Waals surface area contributed by atoms with Crippen LogP contribution in [0.4, 0.5) is 0 Å². The van der Waals surface area contributed by atoms with E-state index in [1.54, 1.807) is 18.2 Å². The molecule has 0 fully saturated rings. The molecule has 2 N–H and O–H groups in total. The summed E-state index contributed by atoms with van der Waals surface area (Å²) >= 11 is 0. The topological polar surface area (TPSA) is 69.6 Å². The number of hydrogen-bond acceptors (Lipinski definition) is 3. The minimum absolute atomic E-state index is 0.0136. The highest BCUT2D eigenvalue weighted by Gasteiger charge is 2.11. The summed E-state index contributed by atoms with van der Waals surface area (Å²) in [5, 5.41) is 11.9. The van der Waals surface area contributed by atoms with Crippen LogP contribution in [0.5, 0.6) is 0 Å². The first-order valence-electron chi connectivity index (χ1n) is 7.38. The standard InChI is InChI=1S/C16H24N2O3/c1-3-8-17-15(19)12-18(9-4-2)11-13-6-5-7-14(10-13)16(20)21/h5-7,10H,3-4,8-9,11-12H2,1-2H3,(H,17,19)(H,20,21). The van der Waals surface area contributed by atoms with Gasteiger partial charge in [-0.05, 0) is 37.1 Å². The van der Waals surface area contributed by atoms with E-state index in [0.717, 1.165) is 24.9 Å². The number of carbonyl (C=O) groups is 2. The van der Waals surface area contributed by atoms with Gasteiger partial charge in [-0.1, -0.05) is 26.0 Å². The number of aromatic carboxylic acids is 1. The van der Waals surface area contributed by atoms with Crippen LogP contribution in [0, 0.1) is 0 Å². The Labute approximate surface area is 126 Å². The minimum atomic E-state index is -0.931. The Morgan fingerprint density at radius 3 is 2.62 bits per heavy atom. The van der Waals surface area contributed by atoms with Gasteiger partial charge in [-0.2, -0.15) is 0 Å². The molecular weight excluding hydrogens is 268 g/mol. The molecule has 1 rings (SSSR count). The fourth-order valence-corrected chi connectivity index (χ4v) is 2.11. The SMILES string of the molecule is CCCNC(=O)CN(CCC)Cc1cccc(C(=O)O)c1. The van der Waals surface area contributed by atoms with Crippen LogP contribution in [-0.4, -0.2) is 41.5 Å². The summed E-state index contributed by atoms with van der Waals surface area (Å²) in [6.07, 6.45) is 1.86. The molecule has 5 heteroatoms. The van der Waals surface area contributed by atoms with Crippen molar-refractivity contribution in [3.8, 4) is 0 Å². The first kappa shape index (κ1) is 17.2. The highest BCUT2D eigenvalue weighted by Crippen LogP contribution is 2.09. The number of nitrogens with zero attached hydrogens (tertiary/aromatic N) is 1. The molecule has 0 atom stereocenters. The number of carbonyl (C=O) groups excluding carboxylic acids is 1. The van der Waals surface area contributed by atoms with E-state index in [0.29, 0.717) is 19.6 Å². The number of amides is 1. The Kier molecular flexibility index (Phi) is 7.46. The molecule has 21 heavy (non-hydrogen) atoms. The summed E-state index contributed by atoms with van der Waals surface area (Å²) < 4.78 is 0. The minimum Gasteiger partial charge on any atom is -0.478 e. The van der Waals surface area contributed by atoms with E-state index >= 15 is 0 Å². The molecule has 116 valence electrons. The van der Waals surface area contributed by atoms with Gasteiger partial charge in [0.25, 0.3) is 0 Å². The lowest BCUT2D eigenvalue weighted by atomic mass is 10.1. The lowest BCUT2D eigenvalue weighted by molar-refractivity contribution is -0.122. The predicted molar refractivity (Wildman–Crippen MR) is 82.3 cm³/mol. The Bertz CT molecular complexity index is 474. The summed E-state index contributed by atoms with van der Waals surface area (Å²) in [6, 6.07) is 6.86. The van der Waals surface area contributed by atoms with Gasteiger partial charge in [-0.25, -0.2) is 4.79 Å². The van der Waals surface area contributed by atoms with Crippen LogP contribution in [0.1, 0.15) is 42.6 Å². The van der Waals surface area contributed by atoms with Crippen molar-refractivity contribution in [2.24, 2.45) is 0 Å². The Morgan fingerprint density at radius 2 is 2.00 bits per heavy atom. The Morgan fingerprint density at radius 1 is 1.24 bits per heavy atom. The fraction of sp³-hybridized carbons (Fsp3) is 0.500. The second-order valence-electron chi connectivity index (χ2n) is 5.07. The van der Waals surface area contributed by atoms with E-state index in [2.05, 4.69) is 12.2 Å². The van der Waals surface area contributed by atoms with Crippen LogP contribution in [-0.2, 0) is 11.3 Å². The second-order valence-corrected chi connectivity index (χ2v) is 5.07. The molecule has 0 spiro atoms. The number of rotatable bonds is 9. The Balaban J connectivity index is 2.67. The molecule has 5 nitrogen and oxygen atoms in total. The molecule has 0 aliphatic carbocycles. The molecule has 0 saturated carbocycles. The van der Waals surface area contributed by atoms with Crippen molar-refractivity contribution < 1.29 is 14.7 Å². The zero-order valence-electron chi connectivity index (χ0n) is 12.8. The molecule has 0 heterocycles. The van der Waals surface area contributed by atoms with Crippen molar-refractivity contribution in [3.63, 3.8) is 0 Å². The molecule has 0 aliphatic rings. The van der Waals surface area contributed by atoms with Gasteiger partial charge in [0.15, 0.2) is 0 Å². The molecule has 1 aromatic carbocycles. The van der Waals surface area contributed by atoms with Crippen molar-refractivity contribution in [2.75, 3.05) is 19.6 Å². The smallest absolute Gasteiger partial charge is 0.335 e. The first-order chi connectivity index (χ1) is 10.1. The fourth-order valence-electron chi connectivity index (χ4n) is 2.11. The molecule has 0 saturated heterocycles. The van der Waals surface area contributed by atoms with Gasteiger partial charge in [0.05, 0.1) is 12.1 Å². The quantitative estimate of drug-likeness (QED) is 0.731. The van der Waals surface area contributed by atoms with Gasteiger partial charge < -0.3 is 10.4 Å².